The van der Waals surface area contributed by atoms with E-state index in [9.17, 15) is 14.4 Å². The van der Waals surface area contributed by atoms with Gasteiger partial charge in [-0.25, -0.2) is 9.78 Å². The van der Waals surface area contributed by atoms with Crippen LogP contribution < -0.4 is 5.32 Å². The third-order valence-electron chi connectivity index (χ3n) is 2.98. The van der Waals surface area contributed by atoms with Gasteiger partial charge in [-0.15, -0.1) is 0 Å². The van der Waals surface area contributed by atoms with Gasteiger partial charge in [0.1, 0.15) is 6.29 Å². The molecule has 0 spiro atoms. The van der Waals surface area contributed by atoms with Crippen LogP contribution in [-0.4, -0.2) is 29.3 Å². The van der Waals surface area contributed by atoms with Crippen molar-refractivity contribution in [1.82, 2.24) is 4.98 Å². The molecule has 2 rings (SSSR count). The number of hydrogen-bond acceptors (Lipinski definition) is 5. The molecule has 24 heavy (non-hydrogen) atoms. The highest BCUT2D eigenvalue weighted by Gasteiger charge is 2.20. The topological polar surface area (TPSA) is 85.4 Å². The molecule has 2 aromatic rings. The molecule has 0 aliphatic heterocycles. The Balaban J connectivity index is 1.99. The molecule has 0 unspecified atom stereocenters. The van der Waals surface area contributed by atoms with Gasteiger partial charge >= 0.3 is 5.97 Å². The Morgan fingerprint density at radius 1 is 1.25 bits per heavy atom. The van der Waals surface area contributed by atoms with Gasteiger partial charge in [0.2, 0.25) is 0 Å². The summed E-state index contributed by atoms with van der Waals surface area (Å²) in [7, 11) is 0. The number of anilines is 1. The van der Waals surface area contributed by atoms with E-state index in [0.717, 1.165) is 0 Å². The van der Waals surface area contributed by atoms with Crippen molar-refractivity contribution in [2.24, 2.45) is 0 Å². The molecule has 1 aromatic carbocycles. The average molecular weight is 367 g/mol. The molecule has 0 saturated heterocycles. The number of hydrogen-bond donors (Lipinski definition) is 1. The molecule has 1 aromatic heterocycles. The molecule has 0 saturated carbocycles. The van der Waals surface area contributed by atoms with Crippen LogP contribution >= 0.6 is 23.2 Å². The third kappa shape index (κ3) is 4.53. The van der Waals surface area contributed by atoms with Crippen LogP contribution in [0.2, 0.25) is 10.0 Å². The smallest absolute Gasteiger partial charge is 0.338 e. The normalized spacial score (nSPS) is 11.5. The summed E-state index contributed by atoms with van der Waals surface area (Å²) in [5.74, 6) is -1.17. The van der Waals surface area contributed by atoms with E-state index in [4.69, 9.17) is 27.9 Å². The second kappa shape index (κ2) is 7.90. The van der Waals surface area contributed by atoms with Crippen LogP contribution in [0.4, 0.5) is 5.82 Å². The lowest BCUT2D eigenvalue weighted by Gasteiger charge is -2.13. The maximum atomic E-state index is 12.1. The number of pyridine rings is 1. The molecule has 8 heteroatoms. The van der Waals surface area contributed by atoms with Gasteiger partial charge in [0, 0.05) is 11.8 Å². The number of aromatic nitrogens is 1. The van der Waals surface area contributed by atoms with Gasteiger partial charge in [0.15, 0.2) is 11.9 Å². The van der Waals surface area contributed by atoms with Gasteiger partial charge in [0.25, 0.3) is 5.91 Å². The van der Waals surface area contributed by atoms with Gasteiger partial charge in [0.05, 0.1) is 15.6 Å². The first-order valence-corrected chi connectivity index (χ1v) is 7.54. The Hall–Kier alpha value is -2.44. The average Bonchev–Trinajstić information content (AvgIpc) is 2.57. The summed E-state index contributed by atoms with van der Waals surface area (Å²) in [5.41, 5.74) is 0.656. The highest BCUT2D eigenvalue weighted by Crippen LogP contribution is 2.22. The molecule has 1 amide bonds. The van der Waals surface area contributed by atoms with Crippen molar-refractivity contribution in [2.75, 3.05) is 5.32 Å². The van der Waals surface area contributed by atoms with Crippen molar-refractivity contribution in [3.8, 4) is 0 Å². The number of nitrogens with one attached hydrogen (secondary N) is 1. The zero-order chi connectivity index (χ0) is 17.7. The monoisotopic (exact) mass is 366 g/mol. The molecule has 124 valence electrons. The Labute approximate surface area is 147 Å². The first kappa shape index (κ1) is 17.9. The molecule has 0 bridgehead atoms. The minimum atomic E-state index is -1.07. The van der Waals surface area contributed by atoms with Crippen LogP contribution in [0.5, 0.6) is 0 Å². The van der Waals surface area contributed by atoms with Gasteiger partial charge in [-0.1, -0.05) is 35.3 Å². The SMILES string of the molecule is C[C@@H](OC(=O)c1ccc(C=O)cc1)C(=O)Nc1ncc(Cl)cc1Cl. The molecule has 0 aliphatic rings. The number of aldehydes is 1. The third-order valence-corrected chi connectivity index (χ3v) is 3.48. The van der Waals surface area contributed by atoms with Gasteiger partial charge in [-0.2, -0.15) is 0 Å². The standard InChI is InChI=1S/C16H12Cl2N2O4/c1-9(15(22)20-14-13(18)6-12(17)7-19-14)24-16(23)11-4-2-10(8-21)3-5-11/h2-9H,1H3,(H,19,20,22)/t9-/m1/s1. The second-order valence-electron chi connectivity index (χ2n) is 4.76. The second-order valence-corrected chi connectivity index (χ2v) is 5.60. The zero-order valence-electron chi connectivity index (χ0n) is 12.5. The van der Waals surface area contributed by atoms with Crippen LogP contribution in [0.15, 0.2) is 36.5 Å². The first-order chi connectivity index (χ1) is 11.4. The number of rotatable bonds is 5. The number of esters is 1. The Bertz CT molecular complexity index is 778. The summed E-state index contributed by atoms with van der Waals surface area (Å²) in [4.78, 5) is 38.5. The Morgan fingerprint density at radius 2 is 1.92 bits per heavy atom. The molecule has 1 N–H and O–H groups in total. The minimum absolute atomic E-state index is 0.115. The molecular formula is C16H12Cl2N2O4. The lowest BCUT2D eigenvalue weighted by atomic mass is 10.1. The molecule has 1 heterocycles. The van der Waals surface area contributed by atoms with Crippen LogP contribution in [0.1, 0.15) is 27.6 Å². The van der Waals surface area contributed by atoms with Crippen molar-refractivity contribution in [3.05, 3.63) is 57.7 Å². The van der Waals surface area contributed by atoms with E-state index in [1.165, 1.54) is 43.5 Å². The highest BCUT2D eigenvalue weighted by molar-refractivity contribution is 6.36. The lowest BCUT2D eigenvalue weighted by Crippen LogP contribution is -2.30. The maximum absolute atomic E-state index is 12.1. The zero-order valence-corrected chi connectivity index (χ0v) is 14.0. The predicted molar refractivity (Wildman–Crippen MR) is 89.6 cm³/mol. The molecule has 6 nitrogen and oxygen atoms in total. The number of amides is 1. The summed E-state index contributed by atoms with van der Waals surface area (Å²) in [6, 6.07) is 7.26. The lowest BCUT2D eigenvalue weighted by molar-refractivity contribution is -0.123. The number of carbonyl (C=O) groups is 3. The van der Waals surface area contributed by atoms with Gasteiger partial charge in [-0.3, -0.25) is 9.59 Å². The number of halogens is 2. The van der Waals surface area contributed by atoms with E-state index >= 15 is 0 Å². The molecular weight excluding hydrogens is 355 g/mol. The molecule has 0 radical (unpaired) electrons. The van der Waals surface area contributed by atoms with Gasteiger partial charge < -0.3 is 10.1 Å². The van der Waals surface area contributed by atoms with Crippen LogP contribution in [0.3, 0.4) is 0 Å². The van der Waals surface area contributed by atoms with Crippen LogP contribution in [0.25, 0.3) is 0 Å². The summed E-state index contributed by atoms with van der Waals surface area (Å²) in [5, 5.41) is 2.94. The molecule has 1 atom stereocenters. The van der Waals surface area contributed by atoms with Crippen molar-refractivity contribution in [3.63, 3.8) is 0 Å². The van der Waals surface area contributed by atoms with Crippen molar-refractivity contribution < 1.29 is 19.1 Å². The van der Waals surface area contributed by atoms with Crippen LogP contribution in [-0.2, 0) is 9.53 Å². The fraction of sp³-hybridized carbons (Fsp3) is 0.125. The maximum Gasteiger partial charge on any atom is 0.338 e. The summed E-state index contributed by atoms with van der Waals surface area (Å²) in [6.45, 7) is 1.41. The van der Waals surface area contributed by atoms with Crippen molar-refractivity contribution in [2.45, 2.75) is 13.0 Å². The summed E-state index contributed by atoms with van der Waals surface area (Å²) >= 11 is 11.6. The van der Waals surface area contributed by atoms with Crippen molar-refractivity contribution in [1.29, 1.82) is 0 Å². The Morgan fingerprint density at radius 3 is 2.50 bits per heavy atom. The van der Waals surface area contributed by atoms with E-state index < -0.39 is 18.0 Å². The Kier molecular flexibility index (Phi) is 5.89. The largest absolute Gasteiger partial charge is 0.449 e. The fourth-order valence-electron chi connectivity index (χ4n) is 1.70. The quantitative estimate of drug-likeness (QED) is 0.647. The summed E-state index contributed by atoms with van der Waals surface area (Å²) < 4.78 is 5.07. The van der Waals surface area contributed by atoms with E-state index in [0.29, 0.717) is 16.9 Å². The number of benzene rings is 1. The number of ether oxygens (including phenoxy) is 1. The van der Waals surface area contributed by atoms with Crippen LogP contribution in [0, 0.1) is 0 Å². The van der Waals surface area contributed by atoms with Crippen molar-refractivity contribution >= 4 is 47.2 Å². The first-order valence-electron chi connectivity index (χ1n) is 6.79. The molecule has 0 aliphatic carbocycles. The summed E-state index contributed by atoms with van der Waals surface area (Å²) in [6.07, 6.45) is 0.916. The highest BCUT2D eigenvalue weighted by atomic mass is 35.5. The van der Waals surface area contributed by atoms with Gasteiger partial charge in [-0.05, 0) is 25.1 Å². The number of nitrogens with zero attached hydrogens (tertiary/aromatic N) is 1. The molecule has 0 fully saturated rings. The minimum Gasteiger partial charge on any atom is -0.449 e. The van der Waals surface area contributed by atoms with E-state index in [1.807, 2.05) is 0 Å². The fourth-order valence-corrected chi connectivity index (χ4v) is 2.13. The number of carbonyl (C=O) groups excluding carboxylic acids is 3. The predicted octanol–water partition coefficient (Wildman–Crippen LogP) is 3.38. The van der Waals surface area contributed by atoms with E-state index in [-0.39, 0.29) is 16.4 Å². The van der Waals surface area contributed by atoms with E-state index in [2.05, 4.69) is 10.3 Å². The van der Waals surface area contributed by atoms with E-state index in [1.54, 1.807) is 0 Å².